The third-order valence-electron chi connectivity index (χ3n) is 3.16. The largest absolute Gasteiger partial charge is 0.301 e. The normalized spacial score (nSPS) is 12.9. The monoisotopic (exact) mass is 199 g/mol. The molecule has 1 nitrogen and oxygen atoms in total. The highest BCUT2D eigenvalue weighted by molar-refractivity contribution is 4.78. The molecular weight excluding hydrogens is 170 g/mol. The van der Waals surface area contributed by atoms with Gasteiger partial charge in [0.25, 0.3) is 0 Å². The van der Waals surface area contributed by atoms with E-state index < -0.39 is 0 Å². The fourth-order valence-corrected chi connectivity index (χ4v) is 1.77. The maximum atomic E-state index is 2.49. The molecular formula is C13H29N. The lowest BCUT2D eigenvalue weighted by atomic mass is 9.93. The molecule has 0 aromatic carbocycles. The lowest BCUT2D eigenvalue weighted by molar-refractivity contribution is 0.140. The van der Waals surface area contributed by atoms with Gasteiger partial charge in [-0.1, -0.05) is 33.6 Å². The van der Waals surface area contributed by atoms with Crippen LogP contribution in [0.2, 0.25) is 0 Å². The van der Waals surface area contributed by atoms with Gasteiger partial charge in [0, 0.05) is 5.54 Å². The van der Waals surface area contributed by atoms with E-state index in [0.29, 0.717) is 5.54 Å². The van der Waals surface area contributed by atoms with Crippen molar-refractivity contribution < 1.29 is 0 Å². The SMILES string of the molecule is CCCN(C)C(C)(C)CCCC(C)C. The third kappa shape index (κ3) is 5.64. The highest BCUT2D eigenvalue weighted by Crippen LogP contribution is 2.21. The second kappa shape index (κ2) is 6.44. The predicted octanol–water partition coefficient (Wildman–Crippen LogP) is 3.93. The molecule has 0 aliphatic heterocycles. The van der Waals surface area contributed by atoms with E-state index in [4.69, 9.17) is 0 Å². The zero-order valence-electron chi connectivity index (χ0n) is 11.1. The summed E-state index contributed by atoms with van der Waals surface area (Å²) in [6, 6.07) is 0. The van der Waals surface area contributed by atoms with Crippen molar-refractivity contribution in [1.82, 2.24) is 4.90 Å². The topological polar surface area (TPSA) is 3.24 Å². The first kappa shape index (κ1) is 14.0. The number of hydrogen-bond acceptors (Lipinski definition) is 1. The Bertz CT molecular complexity index is 138. The Morgan fingerprint density at radius 1 is 1.21 bits per heavy atom. The van der Waals surface area contributed by atoms with Crippen molar-refractivity contribution in [3.8, 4) is 0 Å². The van der Waals surface area contributed by atoms with E-state index in [2.05, 4.69) is 46.6 Å². The average molecular weight is 199 g/mol. The standard InChI is InChI=1S/C13H29N/c1-7-11-14(6)13(4,5)10-8-9-12(2)3/h12H,7-11H2,1-6H3. The summed E-state index contributed by atoms with van der Waals surface area (Å²) in [5, 5.41) is 0. The molecule has 1 heteroatoms. The molecule has 14 heavy (non-hydrogen) atoms. The predicted molar refractivity (Wildman–Crippen MR) is 65.7 cm³/mol. The average Bonchev–Trinajstić information content (AvgIpc) is 2.03. The van der Waals surface area contributed by atoms with Crippen molar-refractivity contribution in [1.29, 1.82) is 0 Å². The van der Waals surface area contributed by atoms with E-state index in [1.54, 1.807) is 0 Å². The minimum Gasteiger partial charge on any atom is -0.301 e. The first-order chi connectivity index (χ1) is 6.40. The van der Waals surface area contributed by atoms with Crippen LogP contribution in [-0.4, -0.2) is 24.0 Å². The summed E-state index contributed by atoms with van der Waals surface area (Å²) in [6.07, 6.45) is 5.30. The van der Waals surface area contributed by atoms with Gasteiger partial charge in [0.1, 0.15) is 0 Å². The second-order valence-electron chi connectivity index (χ2n) is 5.52. The molecule has 0 fully saturated rings. The Hall–Kier alpha value is -0.0400. The smallest absolute Gasteiger partial charge is 0.0150 e. The fourth-order valence-electron chi connectivity index (χ4n) is 1.77. The Morgan fingerprint density at radius 3 is 2.21 bits per heavy atom. The molecule has 0 radical (unpaired) electrons. The van der Waals surface area contributed by atoms with Gasteiger partial charge >= 0.3 is 0 Å². The molecule has 0 saturated carbocycles. The molecule has 0 rings (SSSR count). The van der Waals surface area contributed by atoms with E-state index in [-0.39, 0.29) is 0 Å². The van der Waals surface area contributed by atoms with Crippen LogP contribution in [0.5, 0.6) is 0 Å². The minimum absolute atomic E-state index is 0.380. The van der Waals surface area contributed by atoms with Crippen LogP contribution in [0.3, 0.4) is 0 Å². The van der Waals surface area contributed by atoms with Gasteiger partial charge in [0.15, 0.2) is 0 Å². The maximum absolute atomic E-state index is 2.49. The molecule has 0 spiro atoms. The number of hydrogen-bond donors (Lipinski definition) is 0. The quantitative estimate of drug-likeness (QED) is 0.600. The van der Waals surface area contributed by atoms with Crippen LogP contribution in [0.1, 0.15) is 60.3 Å². The van der Waals surface area contributed by atoms with Gasteiger partial charge in [0.05, 0.1) is 0 Å². The van der Waals surface area contributed by atoms with Gasteiger partial charge in [-0.2, -0.15) is 0 Å². The van der Waals surface area contributed by atoms with Crippen LogP contribution in [0, 0.1) is 5.92 Å². The van der Waals surface area contributed by atoms with Crippen LogP contribution in [0.25, 0.3) is 0 Å². The van der Waals surface area contributed by atoms with Crippen LogP contribution in [0.15, 0.2) is 0 Å². The summed E-state index contributed by atoms with van der Waals surface area (Å²) in [5.74, 6) is 0.849. The van der Waals surface area contributed by atoms with Gasteiger partial charge in [-0.15, -0.1) is 0 Å². The van der Waals surface area contributed by atoms with E-state index in [9.17, 15) is 0 Å². The van der Waals surface area contributed by atoms with Gasteiger partial charge in [0.2, 0.25) is 0 Å². The molecule has 0 aliphatic rings. The Kier molecular flexibility index (Phi) is 6.43. The van der Waals surface area contributed by atoms with Gasteiger partial charge in [-0.3, -0.25) is 0 Å². The highest BCUT2D eigenvalue weighted by atomic mass is 15.2. The van der Waals surface area contributed by atoms with Crippen molar-refractivity contribution in [3.63, 3.8) is 0 Å². The van der Waals surface area contributed by atoms with E-state index in [1.807, 2.05) is 0 Å². The third-order valence-corrected chi connectivity index (χ3v) is 3.16. The lowest BCUT2D eigenvalue weighted by Crippen LogP contribution is -2.41. The Labute approximate surface area is 90.9 Å². The molecule has 0 amide bonds. The zero-order chi connectivity index (χ0) is 11.2. The Morgan fingerprint density at radius 2 is 1.79 bits per heavy atom. The molecule has 0 N–H and O–H groups in total. The molecule has 86 valence electrons. The van der Waals surface area contributed by atoms with Crippen molar-refractivity contribution in [2.75, 3.05) is 13.6 Å². The van der Waals surface area contributed by atoms with Crippen LogP contribution < -0.4 is 0 Å². The maximum Gasteiger partial charge on any atom is 0.0150 e. The first-order valence-corrected chi connectivity index (χ1v) is 6.11. The van der Waals surface area contributed by atoms with Gasteiger partial charge in [-0.25, -0.2) is 0 Å². The molecule has 0 saturated heterocycles. The minimum atomic E-state index is 0.380. The summed E-state index contributed by atoms with van der Waals surface area (Å²) in [4.78, 5) is 2.49. The summed E-state index contributed by atoms with van der Waals surface area (Å²) < 4.78 is 0. The number of rotatable bonds is 7. The Balaban J connectivity index is 3.81. The molecule has 0 aromatic heterocycles. The van der Waals surface area contributed by atoms with Crippen molar-refractivity contribution in [3.05, 3.63) is 0 Å². The highest BCUT2D eigenvalue weighted by Gasteiger charge is 2.21. The van der Waals surface area contributed by atoms with Gasteiger partial charge < -0.3 is 4.90 Å². The number of nitrogens with zero attached hydrogens (tertiary/aromatic N) is 1. The van der Waals surface area contributed by atoms with E-state index >= 15 is 0 Å². The molecule has 0 unspecified atom stereocenters. The van der Waals surface area contributed by atoms with Crippen LogP contribution in [0.4, 0.5) is 0 Å². The second-order valence-corrected chi connectivity index (χ2v) is 5.52. The fraction of sp³-hybridized carbons (Fsp3) is 1.00. The van der Waals surface area contributed by atoms with Crippen molar-refractivity contribution in [2.24, 2.45) is 5.92 Å². The lowest BCUT2D eigenvalue weighted by Gasteiger charge is -2.36. The van der Waals surface area contributed by atoms with Crippen molar-refractivity contribution >= 4 is 0 Å². The molecule has 0 heterocycles. The summed E-state index contributed by atoms with van der Waals surface area (Å²) in [6.45, 7) is 12.8. The first-order valence-electron chi connectivity index (χ1n) is 6.11. The van der Waals surface area contributed by atoms with Gasteiger partial charge in [-0.05, 0) is 46.2 Å². The molecule has 0 aromatic rings. The van der Waals surface area contributed by atoms with Crippen LogP contribution in [-0.2, 0) is 0 Å². The summed E-state index contributed by atoms with van der Waals surface area (Å²) in [5.41, 5.74) is 0.380. The summed E-state index contributed by atoms with van der Waals surface area (Å²) >= 11 is 0. The van der Waals surface area contributed by atoms with Crippen LogP contribution >= 0.6 is 0 Å². The molecule has 0 atom stereocenters. The van der Waals surface area contributed by atoms with E-state index in [0.717, 1.165) is 5.92 Å². The van der Waals surface area contributed by atoms with Crippen molar-refractivity contribution in [2.45, 2.75) is 65.8 Å². The summed E-state index contributed by atoms with van der Waals surface area (Å²) in [7, 11) is 2.25. The molecule has 0 aliphatic carbocycles. The molecule has 0 bridgehead atoms. The zero-order valence-corrected chi connectivity index (χ0v) is 11.1. The van der Waals surface area contributed by atoms with E-state index in [1.165, 1.54) is 32.2 Å².